The monoisotopic (exact) mass is 578 g/mol. The molecule has 0 bridgehead atoms. The van der Waals surface area contributed by atoms with Crippen LogP contribution in [0.1, 0.15) is 34.7 Å². The first-order valence-electron chi connectivity index (χ1n) is 15.3. The van der Waals surface area contributed by atoms with E-state index in [9.17, 15) is 0 Å². The Hall–Kier alpha value is -5.74. The van der Waals surface area contributed by atoms with Crippen molar-refractivity contribution in [1.82, 2.24) is 19.9 Å². The molecule has 1 atom stereocenters. The highest BCUT2D eigenvalue weighted by molar-refractivity contribution is 5.78. The van der Waals surface area contributed by atoms with Crippen molar-refractivity contribution < 1.29 is 0 Å². The molecule has 4 nitrogen and oxygen atoms in total. The summed E-state index contributed by atoms with van der Waals surface area (Å²) in [4.78, 5) is 18.7. The van der Waals surface area contributed by atoms with Gasteiger partial charge in [-0.3, -0.25) is 0 Å². The number of nitrogens with zero attached hydrogens (tertiary/aromatic N) is 4. The van der Waals surface area contributed by atoms with E-state index in [1.807, 2.05) is 18.2 Å². The van der Waals surface area contributed by atoms with Crippen molar-refractivity contribution in [3.05, 3.63) is 192 Å². The summed E-state index contributed by atoms with van der Waals surface area (Å²) < 4.78 is 0. The largest absolute Gasteiger partial charge is 0.237 e. The normalized spacial score (nSPS) is 14.8. The molecule has 7 aromatic rings. The van der Waals surface area contributed by atoms with Crippen LogP contribution >= 0.6 is 0 Å². The van der Waals surface area contributed by atoms with Crippen molar-refractivity contribution in [3.63, 3.8) is 0 Å². The lowest BCUT2D eigenvalue weighted by Crippen LogP contribution is -2.32. The van der Waals surface area contributed by atoms with E-state index < -0.39 is 5.41 Å². The fourth-order valence-corrected chi connectivity index (χ4v) is 6.67. The smallest absolute Gasteiger partial charge is 0.159 e. The second kappa shape index (κ2) is 11.4. The third kappa shape index (κ3) is 4.81. The van der Waals surface area contributed by atoms with E-state index in [-0.39, 0.29) is 5.92 Å². The molecule has 4 heterocycles. The van der Waals surface area contributed by atoms with Gasteiger partial charge in [0.15, 0.2) is 11.3 Å². The highest BCUT2D eigenvalue weighted by atomic mass is 14.8. The van der Waals surface area contributed by atoms with E-state index >= 15 is 0 Å². The van der Waals surface area contributed by atoms with Crippen LogP contribution in [-0.4, -0.2) is 19.9 Å². The van der Waals surface area contributed by atoms with E-state index in [1.165, 1.54) is 22.3 Å². The van der Waals surface area contributed by atoms with Crippen LogP contribution in [-0.2, 0) is 5.41 Å². The summed E-state index contributed by atoms with van der Waals surface area (Å²) in [5.74, 6) is 0.180. The minimum Gasteiger partial charge on any atom is -0.237 e. The van der Waals surface area contributed by atoms with Crippen LogP contribution in [0, 0.1) is 0 Å². The van der Waals surface area contributed by atoms with Gasteiger partial charge in [0.2, 0.25) is 0 Å². The van der Waals surface area contributed by atoms with Crippen molar-refractivity contribution in [2.75, 3.05) is 0 Å². The van der Waals surface area contributed by atoms with Crippen LogP contribution in [0.4, 0.5) is 0 Å². The summed E-state index contributed by atoms with van der Waals surface area (Å²) in [6.45, 7) is 0. The number of hydrogen-bond acceptors (Lipinski definition) is 4. The Balaban J connectivity index is 1.24. The summed E-state index contributed by atoms with van der Waals surface area (Å²) in [6, 6.07) is 47.0. The minimum absolute atomic E-state index is 0.180. The van der Waals surface area contributed by atoms with Gasteiger partial charge < -0.3 is 0 Å². The fourth-order valence-electron chi connectivity index (χ4n) is 6.67. The van der Waals surface area contributed by atoms with Gasteiger partial charge in [-0.05, 0) is 77.2 Å². The zero-order valence-electron chi connectivity index (χ0n) is 24.7. The molecule has 1 unspecified atom stereocenters. The standard InChI is InChI=1S/C41H30N4/c1-3-11-33(12-4-1)41(34-13-5-2-6-14-34,35-21-15-29(16-22-35)37-25-19-31-9-7-27-42-39(31)44-37)36-23-17-30(18-24-36)38-26-20-32-10-8-28-43-40(32)45-38/h1-17,19-28,30H,18H2. The van der Waals surface area contributed by atoms with Gasteiger partial charge in [0.1, 0.15) is 0 Å². The molecule has 0 fully saturated rings. The first-order chi connectivity index (χ1) is 22.3. The zero-order valence-corrected chi connectivity index (χ0v) is 24.7. The van der Waals surface area contributed by atoms with Crippen molar-refractivity contribution >= 4 is 22.1 Å². The van der Waals surface area contributed by atoms with Gasteiger partial charge in [-0.1, -0.05) is 103 Å². The summed E-state index contributed by atoms with van der Waals surface area (Å²) in [5, 5.41) is 2.09. The molecule has 0 spiro atoms. The number of rotatable bonds is 6. The number of fused-ring (bicyclic) bond motifs is 2. The van der Waals surface area contributed by atoms with Gasteiger partial charge in [-0.15, -0.1) is 0 Å². The lowest BCUT2D eigenvalue weighted by molar-refractivity contribution is 0.713. The van der Waals surface area contributed by atoms with Gasteiger partial charge in [-0.25, -0.2) is 19.9 Å². The number of hydrogen-bond donors (Lipinski definition) is 0. The van der Waals surface area contributed by atoms with Crippen LogP contribution in [0.15, 0.2) is 170 Å². The predicted molar refractivity (Wildman–Crippen MR) is 182 cm³/mol. The maximum atomic E-state index is 4.92. The molecule has 1 aliphatic rings. The van der Waals surface area contributed by atoms with Gasteiger partial charge in [0.05, 0.1) is 16.8 Å². The van der Waals surface area contributed by atoms with E-state index in [4.69, 9.17) is 9.97 Å². The highest BCUT2D eigenvalue weighted by Crippen LogP contribution is 2.48. The molecule has 0 aliphatic heterocycles. The van der Waals surface area contributed by atoms with Gasteiger partial charge >= 0.3 is 0 Å². The molecule has 3 aromatic carbocycles. The Morgan fingerprint density at radius 1 is 0.533 bits per heavy atom. The quantitative estimate of drug-likeness (QED) is 0.185. The zero-order chi connectivity index (χ0) is 30.1. The van der Waals surface area contributed by atoms with Gasteiger partial charge in [-0.2, -0.15) is 0 Å². The highest BCUT2D eigenvalue weighted by Gasteiger charge is 2.40. The number of benzene rings is 3. The van der Waals surface area contributed by atoms with Crippen molar-refractivity contribution in [2.24, 2.45) is 0 Å². The molecule has 4 heteroatoms. The molecular formula is C41H30N4. The van der Waals surface area contributed by atoms with Crippen LogP contribution in [0.2, 0.25) is 0 Å². The second-order valence-electron chi connectivity index (χ2n) is 11.5. The second-order valence-corrected chi connectivity index (χ2v) is 11.5. The average molecular weight is 579 g/mol. The molecule has 0 radical (unpaired) electrons. The molecule has 0 N–H and O–H groups in total. The maximum Gasteiger partial charge on any atom is 0.159 e. The molecule has 0 saturated heterocycles. The first-order valence-corrected chi connectivity index (χ1v) is 15.3. The molecule has 45 heavy (non-hydrogen) atoms. The first kappa shape index (κ1) is 26.9. The summed E-state index contributed by atoms with van der Waals surface area (Å²) in [7, 11) is 0. The number of pyridine rings is 4. The Morgan fingerprint density at radius 3 is 1.76 bits per heavy atom. The van der Waals surface area contributed by atoms with Crippen LogP contribution in [0.5, 0.6) is 0 Å². The molecule has 214 valence electrons. The topological polar surface area (TPSA) is 51.6 Å². The Morgan fingerprint density at radius 2 is 1.13 bits per heavy atom. The van der Waals surface area contributed by atoms with Crippen molar-refractivity contribution in [1.29, 1.82) is 0 Å². The molecule has 4 aromatic heterocycles. The fraction of sp³-hybridized carbons (Fsp3) is 0.0732. The van der Waals surface area contributed by atoms with Crippen molar-refractivity contribution in [2.45, 2.75) is 17.8 Å². The third-order valence-electron chi connectivity index (χ3n) is 8.89. The molecule has 8 rings (SSSR count). The van der Waals surface area contributed by atoms with Gasteiger partial charge in [0, 0.05) is 34.6 Å². The van der Waals surface area contributed by atoms with E-state index in [0.717, 1.165) is 45.4 Å². The van der Waals surface area contributed by atoms with Crippen LogP contribution in [0.3, 0.4) is 0 Å². The maximum absolute atomic E-state index is 4.92. The van der Waals surface area contributed by atoms with Crippen LogP contribution in [0.25, 0.3) is 33.3 Å². The summed E-state index contributed by atoms with van der Waals surface area (Å²) >= 11 is 0. The number of allylic oxidation sites excluding steroid dienone is 4. The van der Waals surface area contributed by atoms with Gasteiger partial charge in [0.25, 0.3) is 0 Å². The SMILES string of the molecule is C1=CC(c2ccc3cccnc3n2)CC=C1C(c1ccccc1)(c1ccccc1)c1ccc(-c2ccc3cccnc3n2)cc1. The predicted octanol–water partition coefficient (Wildman–Crippen LogP) is 9.24. The molecule has 1 aliphatic carbocycles. The lowest BCUT2D eigenvalue weighted by Gasteiger charge is -2.39. The molecule has 0 amide bonds. The molecular weight excluding hydrogens is 548 g/mol. The van der Waals surface area contributed by atoms with E-state index in [2.05, 4.69) is 143 Å². The lowest BCUT2D eigenvalue weighted by atomic mass is 9.63. The Labute approximate surface area is 262 Å². The van der Waals surface area contributed by atoms with Crippen LogP contribution < -0.4 is 0 Å². The average Bonchev–Trinajstić information content (AvgIpc) is 3.13. The molecule has 0 saturated carbocycles. The third-order valence-corrected chi connectivity index (χ3v) is 8.89. The Kier molecular flexibility index (Phi) is 6.80. The summed E-state index contributed by atoms with van der Waals surface area (Å²) in [5.41, 5.74) is 8.93. The van der Waals surface area contributed by atoms with E-state index in [1.54, 1.807) is 12.4 Å². The van der Waals surface area contributed by atoms with E-state index in [0.29, 0.717) is 0 Å². The Bertz CT molecular complexity index is 2150. The summed E-state index contributed by atoms with van der Waals surface area (Å²) in [6.07, 6.45) is 11.5. The number of aromatic nitrogens is 4. The minimum atomic E-state index is -0.515. The van der Waals surface area contributed by atoms with Crippen molar-refractivity contribution in [3.8, 4) is 11.3 Å².